The summed E-state index contributed by atoms with van der Waals surface area (Å²) >= 11 is 0. The summed E-state index contributed by atoms with van der Waals surface area (Å²) in [6.07, 6.45) is 0.758. The van der Waals surface area contributed by atoms with Crippen LogP contribution in [0.15, 0.2) is 77.7 Å². The van der Waals surface area contributed by atoms with Gasteiger partial charge in [0.25, 0.3) is 15.9 Å². The molecule has 0 aliphatic heterocycles. The average Bonchev–Trinajstić information content (AvgIpc) is 2.87. The topological polar surface area (TPSA) is 105 Å². The first-order chi connectivity index (χ1) is 17.1. The van der Waals surface area contributed by atoms with E-state index in [9.17, 15) is 18.0 Å². The van der Waals surface area contributed by atoms with Gasteiger partial charge in [0.15, 0.2) is 0 Å². The molecule has 0 radical (unpaired) electrons. The molecule has 0 unspecified atom stereocenters. The quantitative estimate of drug-likeness (QED) is 0.422. The highest BCUT2D eigenvalue weighted by molar-refractivity contribution is 7.92. The molecule has 0 bridgehead atoms. The van der Waals surface area contributed by atoms with Crippen LogP contribution in [-0.4, -0.2) is 39.9 Å². The summed E-state index contributed by atoms with van der Waals surface area (Å²) in [5.41, 5.74) is 1.80. The molecule has 190 valence electrons. The molecule has 9 heteroatoms. The van der Waals surface area contributed by atoms with Gasteiger partial charge in [-0.25, -0.2) is 8.42 Å². The zero-order valence-electron chi connectivity index (χ0n) is 20.8. The van der Waals surface area contributed by atoms with Gasteiger partial charge in [-0.15, -0.1) is 0 Å². The number of anilines is 2. The number of para-hydroxylation sites is 1. The fraction of sp³-hybridized carbons (Fsp3) is 0.259. The molecule has 3 rings (SSSR count). The molecular weight excluding hydrogens is 478 g/mol. The number of amides is 2. The van der Waals surface area contributed by atoms with Crippen molar-refractivity contribution in [3.8, 4) is 5.75 Å². The minimum absolute atomic E-state index is 0.0357. The molecule has 0 saturated carbocycles. The molecule has 8 nitrogen and oxygen atoms in total. The van der Waals surface area contributed by atoms with Gasteiger partial charge in [0.1, 0.15) is 12.3 Å². The second-order valence-corrected chi connectivity index (χ2v) is 10.3. The summed E-state index contributed by atoms with van der Waals surface area (Å²) in [4.78, 5) is 25.9. The predicted molar refractivity (Wildman–Crippen MR) is 141 cm³/mol. The Bertz CT molecular complexity index is 1310. The Kier molecular flexibility index (Phi) is 8.71. The molecule has 36 heavy (non-hydrogen) atoms. The van der Waals surface area contributed by atoms with E-state index in [0.717, 1.165) is 16.3 Å². The minimum atomic E-state index is -4.07. The molecule has 1 atom stereocenters. The number of rotatable bonds is 10. The van der Waals surface area contributed by atoms with Gasteiger partial charge in [-0.05, 0) is 68.8 Å². The number of nitrogens with zero attached hydrogens (tertiary/aromatic N) is 1. The molecule has 0 aliphatic rings. The number of ether oxygens (including phenoxy) is 1. The number of carbonyl (C=O) groups excluding carboxylic acids is 2. The van der Waals surface area contributed by atoms with Crippen molar-refractivity contribution in [2.45, 2.75) is 38.1 Å². The molecule has 0 fully saturated rings. The first-order valence-corrected chi connectivity index (χ1v) is 13.0. The van der Waals surface area contributed by atoms with Crippen molar-refractivity contribution in [2.75, 3.05) is 23.3 Å². The third-order valence-electron chi connectivity index (χ3n) is 5.69. The van der Waals surface area contributed by atoms with Crippen molar-refractivity contribution in [3.05, 3.63) is 83.9 Å². The van der Waals surface area contributed by atoms with E-state index in [0.29, 0.717) is 22.7 Å². The molecule has 0 spiro atoms. The summed E-state index contributed by atoms with van der Waals surface area (Å²) < 4.78 is 33.3. The van der Waals surface area contributed by atoms with E-state index in [1.807, 2.05) is 20.8 Å². The van der Waals surface area contributed by atoms with Crippen molar-refractivity contribution in [3.63, 3.8) is 0 Å². The smallest absolute Gasteiger partial charge is 0.264 e. The van der Waals surface area contributed by atoms with Crippen LogP contribution in [0.5, 0.6) is 5.75 Å². The number of hydrogen-bond acceptors (Lipinski definition) is 5. The van der Waals surface area contributed by atoms with Crippen LogP contribution in [0.1, 0.15) is 36.2 Å². The fourth-order valence-corrected chi connectivity index (χ4v) is 4.84. The molecule has 3 aromatic carbocycles. The number of benzene rings is 3. The van der Waals surface area contributed by atoms with Crippen LogP contribution in [0.25, 0.3) is 0 Å². The first kappa shape index (κ1) is 26.7. The lowest BCUT2D eigenvalue weighted by molar-refractivity contribution is -0.114. The molecular formula is C27H31N3O5S. The van der Waals surface area contributed by atoms with Crippen LogP contribution >= 0.6 is 0 Å². The molecule has 2 N–H and O–H groups in total. The van der Waals surface area contributed by atoms with Crippen LogP contribution in [-0.2, 0) is 14.8 Å². The molecule has 2 amide bonds. The highest BCUT2D eigenvalue weighted by atomic mass is 32.2. The Morgan fingerprint density at radius 2 is 1.61 bits per heavy atom. The number of hydrogen-bond donors (Lipinski definition) is 2. The van der Waals surface area contributed by atoms with E-state index in [2.05, 4.69) is 10.6 Å². The Morgan fingerprint density at radius 3 is 2.22 bits per heavy atom. The number of aryl methyl sites for hydroxylation is 1. The Balaban J connectivity index is 1.91. The molecule has 0 saturated heterocycles. The zero-order valence-corrected chi connectivity index (χ0v) is 21.6. The van der Waals surface area contributed by atoms with E-state index in [-0.39, 0.29) is 16.8 Å². The van der Waals surface area contributed by atoms with Gasteiger partial charge in [0, 0.05) is 6.04 Å². The Morgan fingerprint density at radius 1 is 0.972 bits per heavy atom. The molecule has 3 aromatic rings. The maximum absolute atomic E-state index is 13.6. The lowest BCUT2D eigenvalue weighted by atomic mass is 10.1. The number of sulfonamides is 1. The largest absolute Gasteiger partial charge is 0.497 e. The SMILES string of the molecule is CC[C@@H](C)NC(=O)c1ccccc1NC(=O)CN(c1ccc(OC)cc1)S(=O)(=O)c1ccc(C)cc1. The normalized spacial score (nSPS) is 11.9. The third kappa shape index (κ3) is 6.42. The second kappa shape index (κ2) is 11.7. The summed E-state index contributed by atoms with van der Waals surface area (Å²) in [5.74, 6) is -0.359. The highest BCUT2D eigenvalue weighted by Crippen LogP contribution is 2.26. The van der Waals surface area contributed by atoms with Crippen LogP contribution in [0, 0.1) is 6.92 Å². The van der Waals surface area contributed by atoms with Crippen molar-refractivity contribution >= 4 is 33.2 Å². The highest BCUT2D eigenvalue weighted by Gasteiger charge is 2.28. The lowest BCUT2D eigenvalue weighted by Gasteiger charge is -2.24. The van der Waals surface area contributed by atoms with E-state index in [4.69, 9.17) is 4.74 Å². The number of methoxy groups -OCH3 is 1. The number of carbonyl (C=O) groups is 2. The standard InChI is InChI=1S/C27H31N3O5S/c1-5-20(3)28-27(32)24-8-6-7-9-25(24)29-26(31)18-30(21-12-14-22(35-4)15-13-21)36(33,34)23-16-10-19(2)11-17-23/h6-17,20H,5,18H2,1-4H3,(H,28,32)(H,29,31)/t20-/m1/s1. The van der Waals surface area contributed by atoms with Gasteiger partial charge in [-0.2, -0.15) is 0 Å². The Labute approximate surface area is 212 Å². The van der Waals surface area contributed by atoms with Gasteiger partial charge in [0.2, 0.25) is 5.91 Å². The Hall–Kier alpha value is -3.85. The van der Waals surface area contributed by atoms with Gasteiger partial charge in [-0.1, -0.05) is 36.8 Å². The molecule has 0 heterocycles. The summed E-state index contributed by atoms with van der Waals surface area (Å²) in [5, 5.41) is 5.59. The second-order valence-electron chi connectivity index (χ2n) is 8.40. The minimum Gasteiger partial charge on any atom is -0.497 e. The predicted octanol–water partition coefficient (Wildman–Crippen LogP) is 4.37. The fourth-order valence-electron chi connectivity index (χ4n) is 3.41. The van der Waals surface area contributed by atoms with Crippen LogP contribution in [0.2, 0.25) is 0 Å². The van der Waals surface area contributed by atoms with Crippen LogP contribution in [0.4, 0.5) is 11.4 Å². The zero-order chi connectivity index (χ0) is 26.3. The van der Waals surface area contributed by atoms with Crippen LogP contribution in [0.3, 0.4) is 0 Å². The van der Waals surface area contributed by atoms with Gasteiger partial charge >= 0.3 is 0 Å². The van der Waals surface area contributed by atoms with E-state index >= 15 is 0 Å². The van der Waals surface area contributed by atoms with E-state index in [1.54, 1.807) is 60.7 Å². The van der Waals surface area contributed by atoms with Crippen molar-refractivity contribution < 1.29 is 22.7 Å². The lowest BCUT2D eigenvalue weighted by Crippen LogP contribution is -2.38. The molecule has 0 aromatic heterocycles. The van der Waals surface area contributed by atoms with Gasteiger partial charge in [-0.3, -0.25) is 13.9 Å². The summed E-state index contributed by atoms with van der Waals surface area (Å²) in [7, 11) is -2.56. The summed E-state index contributed by atoms with van der Waals surface area (Å²) in [6, 6.07) is 19.4. The van der Waals surface area contributed by atoms with Crippen molar-refractivity contribution in [1.29, 1.82) is 0 Å². The molecule has 0 aliphatic carbocycles. The third-order valence-corrected chi connectivity index (χ3v) is 7.48. The maximum atomic E-state index is 13.6. The van der Waals surface area contributed by atoms with Gasteiger partial charge in [0.05, 0.1) is 28.9 Å². The first-order valence-electron chi connectivity index (χ1n) is 11.6. The average molecular weight is 510 g/mol. The maximum Gasteiger partial charge on any atom is 0.264 e. The van der Waals surface area contributed by atoms with Crippen molar-refractivity contribution in [2.24, 2.45) is 0 Å². The van der Waals surface area contributed by atoms with Crippen molar-refractivity contribution in [1.82, 2.24) is 5.32 Å². The van der Waals surface area contributed by atoms with Crippen LogP contribution < -0.4 is 19.7 Å². The van der Waals surface area contributed by atoms with E-state index < -0.39 is 22.5 Å². The van der Waals surface area contributed by atoms with E-state index in [1.165, 1.54) is 19.2 Å². The number of nitrogens with one attached hydrogen (secondary N) is 2. The monoisotopic (exact) mass is 509 g/mol. The summed E-state index contributed by atoms with van der Waals surface area (Å²) in [6.45, 7) is 5.21. The van der Waals surface area contributed by atoms with Gasteiger partial charge < -0.3 is 15.4 Å².